The van der Waals surface area contributed by atoms with Gasteiger partial charge in [-0.15, -0.1) is 0 Å². The Morgan fingerprint density at radius 2 is 2.06 bits per heavy atom. The van der Waals surface area contributed by atoms with Gasteiger partial charge in [0.05, 0.1) is 0 Å². The Labute approximate surface area is 91.0 Å². The van der Waals surface area contributed by atoms with Gasteiger partial charge in [-0.3, -0.25) is 4.79 Å². The summed E-state index contributed by atoms with van der Waals surface area (Å²) in [6.07, 6.45) is -3.14. The molecule has 0 saturated carbocycles. The summed E-state index contributed by atoms with van der Waals surface area (Å²) in [7, 11) is 0. The van der Waals surface area contributed by atoms with Crippen LogP contribution in [0.1, 0.15) is 19.5 Å². The maximum Gasteiger partial charge on any atom is 0.471 e. The number of aromatic amines is 1. The van der Waals surface area contributed by atoms with Crippen molar-refractivity contribution < 1.29 is 18.0 Å². The summed E-state index contributed by atoms with van der Waals surface area (Å²) in [6.45, 7) is 3.41. The number of carbonyl (C=O) groups excluding carboxylic acids is 1. The predicted molar refractivity (Wildman–Crippen MR) is 52.9 cm³/mol. The first kappa shape index (κ1) is 12.6. The third kappa shape index (κ3) is 3.01. The molecule has 3 nitrogen and oxygen atoms in total. The van der Waals surface area contributed by atoms with Gasteiger partial charge in [-0.05, 0) is 12.1 Å². The lowest BCUT2D eigenvalue weighted by molar-refractivity contribution is -0.173. The molecular formula is C10H13F3N2O. The van der Waals surface area contributed by atoms with Gasteiger partial charge < -0.3 is 10.3 Å². The molecule has 90 valence electrons. The summed E-state index contributed by atoms with van der Waals surface area (Å²) in [5, 5.41) is 1.87. The van der Waals surface area contributed by atoms with Crippen LogP contribution in [0.25, 0.3) is 0 Å². The second-order valence-electron chi connectivity index (χ2n) is 4.15. The lowest BCUT2D eigenvalue weighted by atomic mass is 9.89. The zero-order valence-corrected chi connectivity index (χ0v) is 8.98. The van der Waals surface area contributed by atoms with Crippen molar-refractivity contribution in [3.63, 3.8) is 0 Å². The molecule has 6 heteroatoms. The number of hydrogen-bond acceptors (Lipinski definition) is 1. The van der Waals surface area contributed by atoms with Gasteiger partial charge in [0.1, 0.15) is 0 Å². The van der Waals surface area contributed by atoms with E-state index in [1.54, 1.807) is 32.2 Å². The largest absolute Gasteiger partial charge is 0.471 e. The summed E-state index contributed by atoms with van der Waals surface area (Å²) in [6, 6.07) is 3.52. The molecule has 1 amide bonds. The Kier molecular flexibility index (Phi) is 3.30. The van der Waals surface area contributed by atoms with Gasteiger partial charge in [0, 0.05) is 23.9 Å². The van der Waals surface area contributed by atoms with Gasteiger partial charge in [0.15, 0.2) is 0 Å². The molecule has 1 rings (SSSR count). The van der Waals surface area contributed by atoms with Crippen LogP contribution in [0.4, 0.5) is 13.2 Å². The highest BCUT2D eigenvalue weighted by Gasteiger charge is 2.39. The van der Waals surface area contributed by atoms with E-state index < -0.39 is 17.5 Å². The summed E-state index contributed by atoms with van der Waals surface area (Å²) in [5.74, 6) is -1.91. The van der Waals surface area contributed by atoms with Crippen molar-refractivity contribution >= 4 is 5.91 Å². The SMILES string of the molecule is CC(C)(CNC(=O)C(F)(F)F)c1ccc[nH]1. The van der Waals surface area contributed by atoms with Crippen molar-refractivity contribution in [1.82, 2.24) is 10.3 Å². The maximum atomic E-state index is 11.9. The van der Waals surface area contributed by atoms with Crippen LogP contribution in [0.3, 0.4) is 0 Å². The van der Waals surface area contributed by atoms with Gasteiger partial charge in [-0.1, -0.05) is 13.8 Å². The molecule has 16 heavy (non-hydrogen) atoms. The van der Waals surface area contributed by atoms with Crippen LogP contribution in [-0.2, 0) is 10.2 Å². The van der Waals surface area contributed by atoms with Gasteiger partial charge in [0.25, 0.3) is 0 Å². The Bertz CT molecular complexity index is 355. The quantitative estimate of drug-likeness (QED) is 0.825. The normalized spacial score (nSPS) is 12.6. The third-order valence-corrected chi connectivity index (χ3v) is 2.28. The maximum absolute atomic E-state index is 11.9. The van der Waals surface area contributed by atoms with Crippen LogP contribution < -0.4 is 5.32 Å². The van der Waals surface area contributed by atoms with E-state index in [1.165, 1.54) is 0 Å². The zero-order valence-electron chi connectivity index (χ0n) is 8.98. The second-order valence-corrected chi connectivity index (χ2v) is 4.15. The van der Waals surface area contributed by atoms with E-state index in [0.29, 0.717) is 0 Å². The number of H-pyrrole nitrogens is 1. The minimum absolute atomic E-state index is 0.0775. The molecule has 0 atom stereocenters. The fourth-order valence-corrected chi connectivity index (χ4v) is 1.25. The lowest BCUT2D eigenvalue weighted by Crippen LogP contribution is -2.43. The van der Waals surface area contributed by atoms with E-state index in [1.807, 2.05) is 5.32 Å². The number of aromatic nitrogens is 1. The van der Waals surface area contributed by atoms with E-state index in [9.17, 15) is 18.0 Å². The Balaban J connectivity index is 2.59. The van der Waals surface area contributed by atoms with Gasteiger partial charge in [0.2, 0.25) is 0 Å². The second kappa shape index (κ2) is 4.19. The first-order chi connectivity index (χ1) is 7.23. The summed E-state index contributed by atoms with van der Waals surface area (Å²) in [5.41, 5.74) is 0.208. The summed E-state index contributed by atoms with van der Waals surface area (Å²) in [4.78, 5) is 13.5. The smallest absolute Gasteiger partial charge is 0.364 e. The first-order valence-electron chi connectivity index (χ1n) is 4.72. The molecule has 1 aromatic heterocycles. The van der Waals surface area contributed by atoms with Gasteiger partial charge in [-0.2, -0.15) is 13.2 Å². The van der Waals surface area contributed by atoms with Crippen LogP contribution in [0.15, 0.2) is 18.3 Å². The average molecular weight is 234 g/mol. The van der Waals surface area contributed by atoms with Crippen LogP contribution in [0.5, 0.6) is 0 Å². The van der Waals surface area contributed by atoms with Crippen LogP contribution in [0, 0.1) is 0 Å². The molecule has 1 heterocycles. The highest BCUT2D eigenvalue weighted by Crippen LogP contribution is 2.21. The number of rotatable bonds is 3. The minimum Gasteiger partial charge on any atom is -0.364 e. The molecular weight excluding hydrogens is 221 g/mol. The lowest BCUT2D eigenvalue weighted by Gasteiger charge is -2.24. The highest BCUT2D eigenvalue weighted by molar-refractivity contribution is 5.81. The van der Waals surface area contributed by atoms with E-state index in [2.05, 4.69) is 4.98 Å². The molecule has 0 unspecified atom stereocenters. The molecule has 0 aliphatic rings. The highest BCUT2D eigenvalue weighted by atomic mass is 19.4. The van der Waals surface area contributed by atoms with Crippen molar-refractivity contribution in [1.29, 1.82) is 0 Å². The number of amides is 1. The van der Waals surface area contributed by atoms with Crippen molar-refractivity contribution in [2.24, 2.45) is 0 Å². The number of halogens is 3. The molecule has 0 saturated heterocycles. The molecule has 2 N–H and O–H groups in total. The Morgan fingerprint density at radius 3 is 2.50 bits per heavy atom. The van der Waals surface area contributed by atoms with E-state index in [0.717, 1.165) is 5.69 Å². The molecule has 0 aliphatic carbocycles. The zero-order chi connectivity index (χ0) is 12.4. The molecule has 1 aromatic rings. The average Bonchev–Trinajstić information content (AvgIpc) is 2.65. The number of hydrogen-bond donors (Lipinski definition) is 2. The van der Waals surface area contributed by atoms with Gasteiger partial charge >= 0.3 is 12.1 Å². The van der Waals surface area contributed by atoms with E-state index >= 15 is 0 Å². The predicted octanol–water partition coefficient (Wildman–Crippen LogP) is 1.97. The fraction of sp³-hybridized carbons (Fsp3) is 0.500. The molecule has 0 aliphatic heterocycles. The van der Waals surface area contributed by atoms with Crippen LogP contribution >= 0.6 is 0 Å². The number of nitrogens with one attached hydrogen (secondary N) is 2. The molecule has 0 bridgehead atoms. The molecule has 0 fully saturated rings. The Morgan fingerprint density at radius 1 is 1.44 bits per heavy atom. The fourth-order valence-electron chi connectivity index (χ4n) is 1.25. The van der Waals surface area contributed by atoms with Gasteiger partial charge in [-0.25, -0.2) is 0 Å². The van der Waals surface area contributed by atoms with Crippen molar-refractivity contribution in [3.05, 3.63) is 24.0 Å². The van der Waals surface area contributed by atoms with E-state index in [4.69, 9.17) is 0 Å². The minimum atomic E-state index is -4.83. The van der Waals surface area contributed by atoms with Crippen LogP contribution in [0.2, 0.25) is 0 Å². The first-order valence-corrected chi connectivity index (χ1v) is 4.72. The molecule has 0 radical (unpaired) electrons. The summed E-state index contributed by atoms with van der Waals surface area (Å²) < 4.78 is 35.8. The number of carbonyl (C=O) groups is 1. The van der Waals surface area contributed by atoms with Crippen LogP contribution in [-0.4, -0.2) is 23.6 Å². The van der Waals surface area contributed by atoms with Crippen molar-refractivity contribution in [3.8, 4) is 0 Å². The standard InChI is InChI=1S/C10H13F3N2O/c1-9(2,7-4-3-5-14-7)6-15-8(16)10(11,12)13/h3-5,14H,6H2,1-2H3,(H,15,16). The van der Waals surface area contributed by atoms with E-state index in [-0.39, 0.29) is 6.54 Å². The monoisotopic (exact) mass is 234 g/mol. The Hall–Kier alpha value is -1.46. The molecule has 0 aromatic carbocycles. The third-order valence-electron chi connectivity index (χ3n) is 2.28. The number of alkyl halides is 3. The molecule has 0 spiro atoms. The van der Waals surface area contributed by atoms with Crippen molar-refractivity contribution in [2.75, 3.05) is 6.54 Å². The topological polar surface area (TPSA) is 44.9 Å². The van der Waals surface area contributed by atoms with Crippen molar-refractivity contribution in [2.45, 2.75) is 25.4 Å². The summed E-state index contributed by atoms with van der Waals surface area (Å²) >= 11 is 0.